The second-order valence-electron chi connectivity index (χ2n) is 7.39. The Hall–Kier alpha value is -2.84. The van der Waals surface area contributed by atoms with Crippen LogP contribution in [-0.2, 0) is 19.5 Å². The molecule has 0 bridgehead atoms. The minimum Gasteiger partial charge on any atom is -0.331 e. The van der Waals surface area contributed by atoms with Gasteiger partial charge in [0.1, 0.15) is 0 Å². The number of amides is 2. The van der Waals surface area contributed by atoms with Gasteiger partial charge >= 0.3 is 6.03 Å². The molecule has 2 amide bonds. The van der Waals surface area contributed by atoms with Gasteiger partial charge in [-0.2, -0.15) is 5.10 Å². The van der Waals surface area contributed by atoms with Crippen molar-refractivity contribution in [2.45, 2.75) is 39.4 Å². The molecule has 0 fully saturated rings. The average Bonchev–Trinajstić information content (AvgIpc) is 3.22. The Labute approximate surface area is 190 Å². The van der Waals surface area contributed by atoms with Crippen LogP contribution in [0.1, 0.15) is 36.7 Å². The van der Waals surface area contributed by atoms with E-state index in [2.05, 4.69) is 25.7 Å². The fraction of sp³-hybridized carbons (Fsp3) is 0.333. The highest BCUT2D eigenvalue weighted by atomic mass is 35.5. The number of benzene rings is 1. The van der Waals surface area contributed by atoms with E-state index in [9.17, 15) is 4.79 Å². The fourth-order valence-electron chi connectivity index (χ4n) is 3.41. The van der Waals surface area contributed by atoms with Gasteiger partial charge in [0.15, 0.2) is 0 Å². The SMILES string of the molecule is CCn1cc(Nc2ncc3c(n2)CN(C(=O)N[C@H](C)c2ccc(Cl)c(Cl)c2)CC3)cn1. The average molecular weight is 460 g/mol. The third-order valence-electron chi connectivity index (χ3n) is 5.23. The third kappa shape index (κ3) is 4.91. The van der Waals surface area contributed by atoms with Crippen LogP contribution in [0, 0.1) is 0 Å². The van der Waals surface area contributed by atoms with E-state index in [0.717, 1.165) is 29.1 Å². The zero-order chi connectivity index (χ0) is 22.0. The molecule has 2 aromatic heterocycles. The Morgan fingerprint density at radius 3 is 2.84 bits per heavy atom. The van der Waals surface area contributed by atoms with Crippen molar-refractivity contribution >= 4 is 40.9 Å². The van der Waals surface area contributed by atoms with E-state index in [-0.39, 0.29) is 12.1 Å². The first-order valence-electron chi connectivity index (χ1n) is 10.1. The maximum Gasteiger partial charge on any atom is 0.318 e. The predicted molar refractivity (Wildman–Crippen MR) is 121 cm³/mol. The summed E-state index contributed by atoms with van der Waals surface area (Å²) in [4.78, 5) is 23.6. The molecule has 0 saturated heterocycles. The maximum absolute atomic E-state index is 12.8. The van der Waals surface area contributed by atoms with Gasteiger partial charge in [-0.25, -0.2) is 14.8 Å². The van der Waals surface area contributed by atoms with Crippen molar-refractivity contribution in [1.82, 2.24) is 30.0 Å². The molecule has 0 aliphatic carbocycles. The zero-order valence-electron chi connectivity index (χ0n) is 17.3. The molecule has 3 aromatic rings. The van der Waals surface area contributed by atoms with Crippen molar-refractivity contribution in [2.24, 2.45) is 0 Å². The molecule has 0 unspecified atom stereocenters. The highest BCUT2D eigenvalue weighted by Gasteiger charge is 2.24. The van der Waals surface area contributed by atoms with E-state index in [1.54, 1.807) is 23.2 Å². The Kier molecular flexibility index (Phi) is 6.29. The van der Waals surface area contributed by atoms with Crippen LogP contribution >= 0.6 is 23.2 Å². The lowest BCUT2D eigenvalue weighted by atomic mass is 10.1. The second kappa shape index (κ2) is 9.11. The van der Waals surface area contributed by atoms with Crippen molar-refractivity contribution in [3.05, 3.63) is 63.7 Å². The summed E-state index contributed by atoms with van der Waals surface area (Å²) < 4.78 is 1.82. The molecule has 162 valence electrons. The van der Waals surface area contributed by atoms with Crippen molar-refractivity contribution in [3.63, 3.8) is 0 Å². The Bertz CT molecular complexity index is 1100. The van der Waals surface area contributed by atoms with E-state index in [1.807, 2.05) is 37.0 Å². The third-order valence-corrected chi connectivity index (χ3v) is 5.97. The molecule has 1 aliphatic heterocycles. The van der Waals surface area contributed by atoms with E-state index < -0.39 is 0 Å². The summed E-state index contributed by atoms with van der Waals surface area (Å²) >= 11 is 12.1. The number of nitrogens with zero attached hydrogens (tertiary/aromatic N) is 5. The molecule has 1 atom stereocenters. The largest absolute Gasteiger partial charge is 0.331 e. The molecule has 2 N–H and O–H groups in total. The molecule has 0 saturated carbocycles. The van der Waals surface area contributed by atoms with Crippen molar-refractivity contribution < 1.29 is 4.79 Å². The number of carbonyl (C=O) groups is 1. The van der Waals surface area contributed by atoms with Crippen LogP contribution in [0.2, 0.25) is 10.0 Å². The number of nitrogens with one attached hydrogen (secondary N) is 2. The number of anilines is 2. The number of halogens is 2. The van der Waals surface area contributed by atoms with E-state index in [0.29, 0.717) is 35.5 Å². The molecule has 0 radical (unpaired) electrons. The zero-order valence-corrected chi connectivity index (χ0v) is 18.8. The van der Waals surface area contributed by atoms with Crippen LogP contribution in [0.15, 0.2) is 36.8 Å². The first-order valence-corrected chi connectivity index (χ1v) is 10.8. The summed E-state index contributed by atoms with van der Waals surface area (Å²) in [6.07, 6.45) is 6.16. The monoisotopic (exact) mass is 459 g/mol. The molecule has 4 rings (SSSR count). The van der Waals surface area contributed by atoms with Crippen LogP contribution in [-0.4, -0.2) is 37.2 Å². The topological polar surface area (TPSA) is 88.0 Å². The summed E-state index contributed by atoms with van der Waals surface area (Å²) in [5.41, 5.74) is 3.60. The summed E-state index contributed by atoms with van der Waals surface area (Å²) in [7, 11) is 0. The smallest absolute Gasteiger partial charge is 0.318 e. The van der Waals surface area contributed by atoms with Gasteiger partial charge in [-0.15, -0.1) is 0 Å². The Balaban J connectivity index is 1.42. The number of hydrogen-bond acceptors (Lipinski definition) is 5. The van der Waals surface area contributed by atoms with Gasteiger partial charge < -0.3 is 15.5 Å². The maximum atomic E-state index is 12.8. The van der Waals surface area contributed by atoms with Gasteiger partial charge in [0.05, 0.1) is 40.2 Å². The standard InChI is InChI=1S/C21H23Cl2N7O/c1-3-30-11-16(10-25-30)27-20-24-9-15-6-7-29(12-19(15)28-20)21(31)26-13(2)14-4-5-17(22)18(23)8-14/h4-5,8-11,13H,3,6-7,12H2,1-2H3,(H,26,31)(H,24,27,28)/t13-/m1/s1. The lowest BCUT2D eigenvalue weighted by Crippen LogP contribution is -2.43. The van der Waals surface area contributed by atoms with Crippen LogP contribution in [0.4, 0.5) is 16.4 Å². The fourth-order valence-corrected chi connectivity index (χ4v) is 3.71. The number of aromatic nitrogens is 4. The van der Waals surface area contributed by atoms with E-state index in [4.69, 9.17) is 23.2 Å². The molecule has 10 heteroatoms. The van der Waals surface area contributed by atoms with Crippen molar-refractivity contribution in [1.29, 1.82) is 0 Å². The molecule has 0 spiro atoms. The number of fused-ring (bicyclic) bond motifs is 1. The van der Waals surface area contributed by atoms with Crippen molar-refractivity contribution in [2.75, 3.05) is 11.9 Å². The summed E-state index contributed by atoms with van der Waals surface area (Å²) in [5.74, 6) is 0.487. The molecule has 1 aliphatic rings. The molecular weight excluding hydrogens is 437 g/mol. The first-order chi connectivity index (χ1) is 14.9. The number of hydrogen-bond donors (Lipinski definition) is 2. The normalized spacial score (nSPS) is 14.1. The van der Waals surface area contributed by atoms with Gasteiger partial charge in [0.2, 0.25) is 5.95 Å². The lowest BCUT2D eigenvalue weighted by molar-refractivity contribution is 0.188. The molecule has 8 nitrogen and oxygen atoms in total. The molecule has 31 heavy (non-hydrogen) atoms. The van der Waals surface area contributed by atoms with Crippen LogP contribution in [0.3, 0.4) is 0 Å². The predicted octanol–water partition coefficient (Wildman–Crippen LogP) is 4.57. The number of aryl methyl sites for hydroxylation is 1. The van der Waals surface area contributed by atoms with Crippen molar-refractivity contribution in [3.8, 4) is 0 Å². The quantitative estimate of drug-likeness (QED) is 0.583. The second-order valence-corrected chi connectivity index (χ2v) is 8.21. The summed E-state index contributed by atoms with van der Waals surface area (Å²) in [6.45, 7) is 5.74. The number of urea groups is 1. The van der Waals surface area contributed by atoms with Gasteiger partial charge in [-0.05, 0) is 43.5 Å². The Morgan fingerprint density at radius 1 is 1.26 bits per heavy atom. The molecule has 3 heterocycles. The van der Waals surface area contributed by atoms with Gasteiger partial charge in [0.25, 0.3) is 0 Å². The number of carbonyl (C=O) groups excluding carboxylic acids is 1. The summed E-state index contributed by atoms with van der Waals surface area (Å²) in [5, 5.41) is 11.4. The Morgan fingerprint density at radius 2 is 2.10 bits per heavy atom. The molecular formula is C21H23Cl2N7O. The van der Waals surface area contributed by atoms with Gasteiger partial charge in [0, 0.05) is 25.5 Å². The van der Waals surface area contributed by atoms with Gasteiger partial charge in [-0.3, -0.25) is 4.68 Å². The van der Waals surface area contributed by atoms with Crippen LogP contribution in [0.25, 0.3) is 0 Å². The minimum absolute atomic E-state index is 0.151. The van der Waals surface area contributed by atoms with Crippen LogP contribution in [0.5, 0.6) is 0 Å². The molecule has 1 aromatic carbocycles. The first kappa shape index (κ1) is 21.4. The lowest BCUT2D eigenvalue weighted by Gasteiger charge is -2.29. The highest BCUT2D eigenvalue weighted by Crippen LogP contribution is 2.26. The number of rotatable bonds is 5. The summed E-state index contributed by atoms with van der Waals surface area (Å²) in [6, 6.07) is 5.00. The van der Waals surface area contributed by atoms with E-state index >= 15 is 0 Å². The van der Waals surface area contributed by atoms with E-state index in [1.165, 1.54) is 0 Å². The minimum atomic E-state index is -0.207. The highest BCUT2D eigenvalue weighted by molar-refractivity contribution is 6.42. The van der Waals surface area contributed by atoms with Crippen LogP contribution < -0.4 is 10.6 Å². The van der Waals surface area contributed by atoms with Gasteiger partial charge in [-0.1, -0.05) is 29.3 Å².